The molecule has 0 aliphatic heterocycles. The molecule has 0 saturated heterocycles. The summed E-state index contributed by atoms with van der Waals surface area (Å²) in [6.45, 7) is 0.219. The molecule has 0 atom stereocenters. The first-order chi connectivity index (χ1) is 15.5. The number of carboxylic acids is 1. The molecule has 1 aliphatic carbocycles. The molecule has 1 heterocycles. The molecule has 0 spiro atoms. The largest absolute Gasteiger partial charge is 0.489 e. The smallest absolute Gasteiger partial charge is 0.347 e. The van der Waals surface area contributed by atoms with Crippen LogP contribution in [0.3, 0.4) is 0 Å². The second-order valence-electron chi connectivity index (χ2n) is 7.72. The Bertz CT molecular complexity index is 1090. The first-order valence-corrected chi connectivity index (χ1v) is 11.3. The van der Waals surface area contributed by atoms with E-state index in [-0.39, 0.29) is 29.3 Å². The van der Waals surface area contributed by atoms with E-state index in [1.165, 1.54) is 18.3 Å². The number of carbonyl (C=O) groups is 2. The molecule has 6 nitrogen and oxygen atoms in total. The van der Waals surface area contributed by atoms with Gasteiger partial charge in [-0.1, -0.05) is 42.7 Å². The lowest BCUT2D eigenvalue weighted by Crippen LogP contribution is -2.41. The van der Waals surface area contributed by atoms with Gasteiger partial charge in [0.2, 0.25) is 0 Å². The number of hydrogen-bond acceptors (Lipinski definition) is 5. The third-order valence-corrected chi connectivity index (χ3v) is 6.45. The molecule has 1 aliphatic rings. The summed E-state index contributed by atoms with van der Waals surface area (Å²) >= 11 is 1.01. The number of thiazole rings is 1. The van der Waals surface area contributed by atoms with Crippen molar-refractivity contribution in [3.8, 4) is 5.75 Å². The molecule has 0 unspecified atom stereocenters. The molecule has 166 valence electrons. The minimum atomic E-state index is -1.05. The fourth-order valence-electron chi connectivity index (χ4n) is 3.85. The number of nitrogens with zero attached hydrogens (tertiary/aromatic N) is 2. The molecule has 32 heavy (non-hydrogen) atoms. The summed E-state index contributed by atoms with van der Waals surface area (Å²) in [5.41, 5.74) is 1.19. The molecule has 0 bridgehead atoms. The molecule has 8 heteroatoms. The lowest BCUT2D eigenvalue weighted by molar-refractivity contribution is 0.0701. The predicted octanol–water partition coefficient (Wildman–Crippen LogP) is 5.54. The van der Waals surface area contributed by atoms with Crippen LogP contribution in [0.15, 0.2) is 54.7 Å². The number of carboxylic acid groups (broad SMARTS) is 1. The van der Waals surface area contributed by atoms with Crippen LogP contribution < -0.4 is 9.64 Å². The summed E-state index contributed by atoms with van der Waals surface area (Å²) in [7, 11) is 0. The zero-order valence-corrected chi connectivity index (χ0v) is 18.2. The number of amides is 1. The monoisotopic (exact) mass is 454 g/mol. The molecular formula is C24H23FN2O4S. The van der Waals surface area contributed by atoms with Crippen LogP contribution in [0.4, 0.5) is 9.52 Å². The van der Waals surface area contributed by atoms with Gasteiger partial charge in [-0.25, -0.2) is 14.2 Å². The number of hydrogen-bond donors (Lipinski definition) is 1. The first kappa shape index (κ1) is 22.0. The zero-order valence-electron chi connectivity index (χ0n) is 17.4. The Morgan fingerprint density at radius 2 is 1.88 bits per heavy atom. The average molecular weight is 455 g/mol. The Labute approximate surface area is 189 Å². The van der Waals surface area contributed by atoms with Crippen LogP contribution in [0.1, 0.15) is 57.7 Å². The van der Waals surface area contributed by atoms with Crippen molar-refractivity contribution >= 4 is 28.3 Å². The summed E-state index contributed by atoms with van der Waals surface area (Å²) in [5, 5.41) is 9.66. The van der Waals surface area contributed by atoms with E-state index in [4.69, 9.17) is 4.74 Å². The summed E-state index contributed by atoms with van der Waals surface area (Å²) in [4.78, 5) is 30.7. The van der Waals surface area contributed by atoms with Gasteiger partial charge >= 0.3 is 5.97 Å². The second-order valence-corrected chi connectivity index (χ2v) is 8.73. The summed E-state index contributed by atoms with van der Waals surface area (Å²) in [6, 6.07) is 13.0. The van der Waals surface area contributed by atoms with E-state index in [1.54, 1.807) is 41.3 Å². The zero-order chi connectivity index (χ0) is 22.5. The third-order valence-electron chi connectivity index (χ3n) is 5.46. The van der Waals surface area contributed by atoms with Crippen molar-refractivity contribution < 1.29 is 23.8 Å². The fraction of sp³-hybridized carbons (Fsp3) is 0.292. The van der Waals surface area contributed by atoms with Gasteiger partial charge in [-0.15, -0.1) is 0 Å². The standard InChI is InChI=1S/C24H23FN2O4S/c25-18-6-4-5-16(13-18)15-31-20-11-9-17(10-12-20)22(28)27(19-7-2-1-3-8-19)24-26-14-21(32-24)23(29)30/h4-6,9-14,19H,1-3,7-8,15H2,(H,29,30). The van der Waals surface area contributed by atoms with Crippen LogP contribution in [0, 0.1) is 5.82 Å². The van der Waals surface area contributed by atoms with Gasteiger partial charge in [-0.05, 0) is 54.8 Å². The van der Waals surface area contributed by atoms with Crippen LogP contribution in [0.5, 0.6) is 5.75 Å². The van der Waals surface area contributed by atoms with Crippen molar-refractivity contribution in [3.05, 3.63) is 76.5 Å². The highest BCUT2D eigenvalue weighted by atomic mass is 32.1. The van der Waals surface area contributed by atoms with Crippen molar-refractivity contribution in [2.45, 2.75) is 44.8 Å². The maximum atomic E-state index is 13.4. The van der Waals surface area contributed by atoms with Gasteiger partial charge in [-0.2, -0.15) is 0 Å². The average Bonchev–Trinajstić information content (AvgIpc) is 3.29. The van der Waals surface area contributed by atoms with Crippen molar-refractivity contribution in [1.29, 1.82) is 0 Å². The van der Waals surface area contributed by atoms with Crippen LogP contribution in [-0.4, -0.2) is 28.0 Å². The van der Waals surface area contributed by atoms with Crippen molar-refractivity contribution in [3.63, 3.8) is 0 Å². The quantitative estimate of drug-likeness (QED) is 0.507. The number of benzene rings is 2. The van der Waals surface area contributed by atoms with Crippen LogP contribution >= 0.6 is 11.3 Å². The van der Waals surface area contributed by atoms with Gasteiger partial charge in [0.1, 0.15) is 23.1 Å². The van der Waals surface area contributed by atoms with E-state index >= 15 is 0 Å². The fourth-order valence-corrected chi connectivity index (χ4v) is 4.67. The SMILES string of the molecule is O=C(O)c1cnc(N(C(=O)c2ccc(OCc3cccc(F)c3)cc2)C2CCCCC2)s1. The third kappa shape index (κ3) is 5.13. The van der Waals surface area contributed by atoms with E-state index in [9.17, 15) is 19.1 Å². The summed E-state index contributed by atoms with van der Waals surface area (Å²) in [6.07, 6.45) is 6.21. The summed E-state index contributed by atoms with van der Waals surface area (Å²) in [5.74, 6) is -1.01. The highest BCUT2D eigenvalue weighted by molar-refractivity contribution is 7.17. The van der Waals surface area contributed by atoms with Crippen molar-refractivity contribution in [1.82, 2.24) is 4.98 Å². The van der Waals surface area contributed by atoms with E-state index < -0.39 is 5.97 Å². The number of aromatic carboxylic acids is 1. The number of ether oxygens (including phenoxy) is 1. The van der Waals surface area contributed by atoms with E-state index in [2.05, 4.69) is 4.98 Å². The molecule has 1 saturated carbocycles. The molecule has 1 amide bonds. The van der Waals surface area contributed by atoms with Crippen molar-refractivity contribution in [2.75, 3.05) is 4.90 Å². The Balaban J connectivity index is 1.51. The lowest BCUT2D eigenvalue weighted by Gasteiger charge is -2.32. The minimum absolute atomic E-state index is 0.00653. The molecular weight excluding hydrogens is 431 g/mol. The van der Waals surface area contributed by atoms with Crippen LogP contribution in [-0.2, 0) is 6.61 Å². The first-order valence-electron chi connectivity index (χ1n) is 10.5. The Hall–Kier alpha value is -3.26. The highest BCUT2D eigenvalue weighted by Gasteiger charge is 2.30. The van der Waals surface area contributed by atoms with Crippen molar-refractivity contribution in [2.24, 2.45) is 0 Å². The van der Waals surface area contributed by atoms with E-state index in [1.807, 2.05) is 0 Å². The van der Waals surface area contributed by atoms with Gasteiger partial charge in [0.25, 0.3) is 5.91 Å². The molecule has 2 aromatic carbocycles. The Morgan fingerprint density at radius 3 is 2.53 bits per heavy atom. The number of halogens is 1. The van der Waals surface area contributed by atoms with Crippen LogP contribution in [0.25, 0.3) is 0 Å². The maximum Gasteiger partial charge on any atom is 0.347 e. The topological polar surface area (TPSA) is 79.7 Å². The molecule has 0 radical (unpaired) electrons. The van der Waals surface area contributed by atoms with E-state index in [0.29, 0.717) is 22.0 Å². The molecule has 1 fully saturated rings. The van der Waals surface area contributed by atoms with Gasteiger partial charge in [-0.3, -0.25) is 9.69 Å². The lowest BCUT2D eigenvalue weighted by atomic mass is 9.94. The Morgan fingerprint density at radius 1 is 1.12 bits per heavy atom. The number of aromatic nitrogens is 1. The Kier molecular flexibility index (Phi) is 6.80. The minimum Gasteiger partial charge on any atom is -0.489 e. The van der Waals surface area contributed by atoms with Crippen LogP contribution in [0.2, 0.25) is 0 Å². The normalized spacial score (nSPS) is 14.2. The number of rotatable bonds is 7. The number of anilines is 1. The second kappa shape index (κ2) is 9.91. The molecule has 1 N–H and O–H groups in total. The van der Waals surface area contributed by atoms with Gasteiger partial charge in [0.05, 0.1) is 6.20 Å². The van der Waals surface area contributed by atoms with Gasteiger partial charge in [0, 0.05) is 11.6 Å². The maximum absolute atomic E-state index is 13.4. The number of carbonyl (C=O) groups excluding carboxylic acids is 1. The molecule has 1 aromatic heterocycles. The summed E-state index contributed by atoms with van der Waals surface area (Å²) < 4.78 is 19.0. The predicted molar refractivity (Wildman–Crippen MR) is 120 cm³/mol. The highest BCUT2D eigenvalue weighted by Crippen LogP contribution is 2.32. The molecule has 3 aromatic rings. The van der Waals surface area contributed by atoms with E-state index in [0.717, 1.165) is 43.4 Å². The molecule has 4 rings (SSSR count). The van der Waals surface area contributed by atoms with Gasteiger partial charge in [0.15, 0.2) is 5.13 Å². The van der Waals surface area contributed by atoms with Gasteiger partial charge < -0.3 is 9.84 Å².